The summed E-state index contributed by atoms with van der Waals surface area (Å²) in [5, 5.41) is 4.82. The third-order valence-corrected chi connectivity index (χ3v) is 3.39. The van der Waals surface area contributed by atoms with Crippen molar-refractivity contribution < 1.29 is 4.79 Å². The van der Waals surface area contributed by atoms with E-state index in [-0.39, 0.29) is 6.04 Å². The first-order chi connectivity index (χ1) is 9.61. The normalized spacial score (nSPS) is 11.4. The van der Waals surface area contributed by atoms with E-state index < -0.39 is 0 Å². The number of pyridine rings is 1. The largest absolute Gasteiger partial charge is 0.298 e. The van der Waals surface area contributed by atoms with Crippen LogP contribution >= 0.6 is 11.6 Å². The van der Waals surface area contributed by atoms with Crippen LogP contribution in [0.2, 0.25) is 5.15 Å². The van der Waals surface area contributed by atoms with Gasteiger partial charge in [-0.25, -0.2) is 4.98 Å². The van der Waals surface area contributed by atoms with Gasteiger partial charge in [0.15, 0.2) is 11.4 Å². The monoisotopic (exact) mass is 288 g/mol. The van der Waals surface area contributed by atoms with Crippen LogP contribution in [0.1, 0.15) is 30.2 Å². The Balaban J connectivity index is 2.30. The molecule has 0 amide bonds. The fourth-order valence-corrected chi connectivity index (χ4v) is 2.39. The number of hydrogen-bond donors (Lipinski definition) is 0. The van der Waals surface area contributed by atoms with Gasteiger partial charge in [-0.2, -0.15) is 5.10 Å². The van der Waals surface area contributed by atoms with Crippen LogP contribution < -0.4 is 0 Å². The van der Waals surface area contributed by atoms with E-state index in [1.165, 1.54) is 0 Å². The first kappa shape index (κ1) is 12.9. The van der Waals surface area contributed by atoms with Crippen LogP contribution in [0.3, 0.4) is 0 Å². The van der Waals surface area contributed by atoms with Crippen LogP contribution in [0.5, 0.6) is 0 Å². The Hall–Kier alpha value is -2.14. The maximum Gasteiger partial charge on any atom is 0.157 e. The summed E-state index contributed by atoms with van der Waals surface area (Å²) >= 11 is 6.22. The lowest BCUT2D eigenvalue weighted by molar-refractivity contribution is 0.112. The second kappa shape index (κ2) is 4.76. The number of halogens is 1. The van der Waals surface area contributed by atoms with Crippen molar-refractivity contribution in [3.05, 3.63) is 41.3 Å². The number of rotatable bonds is 3. The number of hydrogen-bond acceptors (Lipinski definition) is 3. The minimum atomic E-state index is 0.167. The maximum absolute atomic E-state index is 11.3. The molecule has 0 saturated heterocycles. The summed E-state index contributed by atoms with van der Waals surface area (Å²) in [6.07, 6.45) is 4.37. The lowest BCUT2D eigenvalue weighted by Gasteiger charge is -2.03. The third kappa shape index (κ3) is 1.91. The molecule has 5 nitrogen and oxygen atoms in total. The van der Waals surface area contributed by atoms with Crippen LogP contribution in [0, 0.1) is 0 Å². The summed E-state index contributed by atoms with van der Waals surface area (Å²) in [5.41, 5.74) is 2.43. The number of carbonyl (C=O) groups is 1. The van der Waals surface area contributed by atoms with Gasteiger partial charge in [-0.1, -0.05) is 17.7 Å². The molecule has 0 spiro atoms. The van der Waals surface area contributed by atoms with Gasteiger partial charge in [-0.15, -0.1) is 0 Å². The predicted octanol–water partition coefficient (Wildman–Crippen LogP) is 3.24. The SMILES string of the molecule is CC(C)n1cc(C=O)c(-c2c(Cl)nc3ccccn23)n1. The fourth-order valence-electron chi connectivity index (χ4n) is 2.12. The molecule has 20 heavy (non-hydrogen) atoms. The number of aromatic nitrogens is 4. The number of aldehydes is 1. The molecule has 0 aromatic carbocycles. The van der Waals surface area contributed by atoms with Crippen molar-refractivity contribution in [2.45, 2.75) is 19.9 Å². The smallest absolute Gasteiger partial charge is 0.157 e. The molecule has 0 radical (unpaired) electrons. The van der Waals surface area contributed by atoms with E-state index in [1.807, 2.05) is 42.6 Å². The quantitative estimate of drug-likeness (QED) is 0.695. The summed E-state index contributed by atoms with van der Waals surface area (Å²) in [7, 11) is 0. The highest BCUT2D eigenvalue weighted by molar-refractivity contribution is 6.32. The molecule has 3 aromatic rings. The molecular formula is C14H13ClN4O. The van der Waals surface area contributed by atoms with Crippen LogP contribution in [0.4, 0.5) is 0 Å². The van der Waals surface area contributed by atoms with Gasteiger partial charge in [0.25, 0.3) is 0 Å². The molecule has 0 aliphatic rings. The van der Waals surface area contributed by atoms with Crippen molar-refractivity contribution in [2.24, 2.45) is 0 Å². The fraction of sp³-hybridized carbons (Fsp3) is 0.214. The molecule has 0 unspecified atom stereocenters. The van der Waals surface area contributed by atoms with Gasteiger partial charge < -0.3 is 0 Å². The highest BCUT2D eigenvalue weighted by atomic mass is 35.5. The molecule has 0 saturated carbocycles. The van der Waals surface area contributed by atoms with E-state index in [4.69, 9.17) is 11.6 Å². The van der Waals surface area contributed by atoms with Crippen molar-refractivity contribution >= 4 is 23.5 Å². The van der Waals surface area contributed by atoms with Crippen LogP contribution in [-0.2, 0) is 0 Å². The third-order valence-electron chi connectivity index (χ3n) is 3.13. The molecule has 6 heteroatoms. The molecule has 102 valence electrons. The lowest BCUT2D eigenvalue weighted by Crippen LogP contribution is -2.01. The van der Waals surface area contributed by atoms with E-state index in [0.29, 0.717) is 22.1 Å². The molecule has 0 aliphatic carbocycles. The summed E-state index contributed by atoms with van der Waals surface area (Å²) in [5.74, 6) is 0. The number of fused-ring (bicyclic) bond motifs is 1. The summed E-state index contributed by atoms with van der Waals surface area (Å²) < 4.78 is 3.58. The zero-order chi connectivity index (χ0) is 14.3. The van der Waals surface area contributed by atoms with Crippen molar-refractivity contribution in [1.82, 2.24) is 19.2 Å². The highest BCUT2D eigenvalue weighted by Crippen LogP contribution is 2.30. The van der Waals surface area contributed by atoms with Crippen molar-refractivity contribution in [1.29, 1.82) is 0 Å². The number of nitrogens with zero attached hydrogens (tertiary/aromatic N) is 4. The molecule has 0 N–H and O–H groups in total. The van der Waals surface area contributed by atoms with Gasteiger partial charge in [-0.3, -0.25) is 13.9 Å². The molecule has 3 heterocycles. The topological polar surface area (TPSA) is 52.2 Å². The van der Waals surface area contributed by atoms with E-state index in [0.717, 1.165) is 11.9 Å². The zero-order valence-electron chi connectivity index (χ0n) is 11.1. The van der Waals surface area contributed by atoms with E-state index >= 15 is 0 Å². The Morgan fingerprint density at radius 3 is 2.85 bits per heavy atom. The maximum atomic E-state index is 11.3. The highest BCUT2D eigenvalue weighted by Gasteiger charge is 2.19. The van der Waals surface area contributed by atoms with E-state index in [2.05, 4.69) is 10.1 Å². The Kier molecular flexibility index (Phi) is 3.06. The molecule has 0 fully saturated rings. The Morgan fingerprint density at radius 1 is 1.35 bits per heavy atom. The Bertz CT molecular complexity index is 788. The molecule has 3 rings (SSSR count). The van der Waals surface area contributed by atoms with Gasteiger partial charge in [-0.05, 0) is 26.0 Å². The minimum absolute atomic E-state index is 0.167. The number of imidazole rings is 1. The van der Waals surface area contributed by atoms with Gasteiger partial charge in [0, 0.05) is 18.4 Å². The average Bonchev–Trinajstić information content (AvgIpc) is 2.98. The average molecular weight is 289 g/mol. The van der Waals surface area contributed by atoms with Crippen molar-refractivity contribution in [2.75, 3.05) is 0 Å². The minimum Gasteiger partial charge on any atom is -0.298 e. The molecule has 3 aromatic heterocycles. The Labute approximate surface area is 120 Å². The molecular weight excluding hydrogens is 276 g/mol. The Morgan fingerprint density at radius 2 is 2.15 bits per heavy atom. The standard InChI is InChI=1S/C14H13ClN4O/c1-9(2)19-7-10(8-20)12(17-19)13-14(15)16-11-5-3-4-6-18(11)13/h3-9H,1-2H3. The lowest BCUT2D eigenvalue weighted by atomic mass is 10.2. The van der Waals surface area contributed by atoms with E-state index in [1.54, 1.807) is 10.9 Å². The summed E-state index contributed by atoms with van der Waals surface area (Å²) in [4.78, 5) is 15.6. The van der Waals surface area contributed by atoms with Gasteiger partial charge in [0.2, 0.25) is 0 Å². The first-order valence-corrected chi connectivity index (χ1v) is 6.67. The van der Waals surface area contributed by atoms with E-state index in [9.17, 15) is 4.79 Å². The summed E-state index contributed by atoms with van der Waals surface area (Å²) in [6, 6.07) is 5.79. The van der Waals surface area contributed by atoms with Crippen LogP contribution in [0.25, 0.3) is 17.0 Å². The number of carbonyl (C=O) groups excluding carboxylic acids is 1. The van der Waals surface area contributed by atoms with Crippen LogP contribution in [-0.4, -0.2) is 25.5 Å². The second-order valence-corrected chi connectivity index (χ2v) is 5.16. The zero-order valence-corrected chi connectivity index (χ0v) is 11.9. The van der Waals surface area contributed by atoms with Gasteiger partial charge >= 0.3 is 0 Å². The summed E-state index contributed by atoms with van der Waals surface area (Å²) in [6.45, 7) is 4.00. The molecule has 0 bridgehead atoms. The molecule has 0 atom stereocenters. The van der Waals surface area contributed by atoms with Crippen molar-refractivity contribution in [3.8, 4) is 11.4 Å². The van der Waals surface area contributed by atoms with Gasteiger partial charge in [0.1, 0.15) is 17.0 Å². The van der Waals surface area contributed by atoms with Crippen molar-refractivity contribution in [3.63, 3.8) is 0 Å². The molecule has 0 aliphatic heterocycles. The second-order valence-electron chi connectivity index (χ2n) is 4.80. The predicted molar refractivity (Wildman–Crippen MR) is 77.2 cm³/mol. The first-order valence-electron chi connectivity index (χ1n) is 6.29. The van der Waals surface area contributed by atoms with Gasteiger partial charge in [0.05, 0.1) is 5.56 Å². The van der Waals surface area contributed by atoms with Crippen LogP contribution in [0.15, 0.2) is 30.6 Å².